The first-order valence-electron chi connectivity index (χ1n) is 8.39. The van der Waals surface area contributed by atoms with E-state index in [9.17, 15) is 9.59 Å². The van der Waals surface area contributed by atoms with Gasteiger partial charge in [-0.2, -0.15) is 0 Å². The van der Waals surface area contributed by atoms with E-state index in [-0.39, 0.29) is 18.6 Å². The fraction of sp³-hybridized carbons (Fsp3) is 0.263. The summed E-state index contributed by atoms with van der Waals surface area (Å²) in [6.45, 7) is 2.48. The van der Waals surface area contributed by atoms with Gasteiger partial charge in [-0.15, -0.1) is 0 Å². The second-order valence-electron chi connectivity index (χ2n) is 6.00. The van der Waals surface area contributed by atoms with Gasteiger partial charge in [-0.05, 0) is 36.4 Å². The molecule has 7 heteroatoms. The number of hydrogen-bond acceptors (Lipinski definition) is 5. The largest absolute Gasteiger partial charge is 0.454 e. The van der Waals surface area contributed by atoms with Crippen LogP contribution in [-0.2, 0) is 4.74 Å². The second-order valence-corrected chi connectivity index (χ2v) is 6.00. The number of amides is 2. The Labute approximate surface area is 150 Å². The Bertz CT molecular complexity index is 828. The lowest BCUT2D eigenvalue weighted by Gasteiger charge is -2.26. The zero-order valence-corrected chi connectivity index (χ0v) is 14.1. The van der Waals surface area contributed by atoms with Crippen LogP contribution in [0.3, 0.4) is 0 Å². The number of nitrogens with zero attached hydrogens (tertiary/aromatic N) is 1. The highest BCUT2D eigenvalue weighted by Gasteiger charge is 2.19. The number of morpholine rings is 1. The van der Waals surface area contributed by atoms with Gasteiger partial charge in [-0.1, -0.05) is 0 Å². The van der Waals surface area contributed by atoms with Gasteiger partial charge in [0, 0.05) is 36.0 Å². The summed E-state index contributed by atoms with van der Waals surface area (Å²) in [7, 11) is 0. The van der Waals surface area contributed by atoms with Gasteiger partial charge in [0.25, 0.3) is 11.8 Å². The van der Waals surface area contributed by atoms with Crippen molar-refractivity contribution in [2.45, 2.75) is 0 Å². The van der Waals surface area contributed by atoms with E-state index in [0.717, 1.165) is 0 Å². The molecule has 1 saturated heterocycles. The summed E-state index contributed by atoms with van der Waals surface area (Å²) in [5.41, 5.74) is 1.65. The molecule has 0 aromatic heterocycles. The highest BCUT2D eigenvalue weighted by Crippen LogP contribution is 2.34. The van der Waals surface area contributed by atoms with Crippen LogP contribution in [0.2, 0.25) is 0 Å². The van der Waals surface area contributed by atoms with Crippen molar-refractivity contribution in [3.05, 3.63) is 53.6 Å². The molecular weight excluding hydrogens is 336 g/mol. The van der Waals surface area contributed by atoms with E-state index in [0.29, 0.717) is 54.6 Å². The molecule has 4 rings (SSSR count). The van der Waals surface area contributed by atoms with Crippen LogP contribution in [0.25, 0.3) is 0 Å². The molecular formula is C19H18N2O5. The van der Waals surface area contributed by atoms with Crippen molar-refractivity contribution in [1.29, 1.82) is 0 Å². The fourth-order valence-corrected chi connectivity index (χ4v) is 2.89. The Hall–Kier alpha value is -3.06. The molecule has 2 aromatic rings. The maximum atomic E-state index is 12.4. The number of fused-ring (bicyclic) bond motifs is 1. The normalized spacial score (nSPS) is 15.6. The lowest BCUT2D eigenvalue weighted by molar-refractivity contribution is 0.0303. The number of anilines is 1. The third-order valence-corrected chi connectivity index (χ3v) is 4.32. The first-order chi connectivity index (χ1) is 12.7. The van der Waals surface area contributed by atoms with Crippen LogP contribution < -0.4 is 14.8 Å². The number of carbonyl (C=O) groups is 2. The van der Waals surface area contributed by atoms with Gasteiger partial charge in [-0.25, -0.2) is 0 Å². The lowest BCUT2D eigenvalue weighted by atomic mass is 10.1. The second kappa shape index (κ2) is 7.05. The standard InChI is InChI=1S/C19H18N2O5/c22-18(20-15-5-6-16-17(11-15)26-12-25-16)13-1-3-14(4-2-13)19(23)21-7-9-24-10-8-21/h1-6,11H,7-10,12H2,(H,20,22). The van der Waals surface area contributed by atoms with Gasteiger partial charge < -0.3 is 24.4 Å². The summed E-state index contributed by atoms with van der Waals surface area (Å²) in [5.74, 6) is 0.966. The zero-order valence-electron chi connectivity index (χ0n) is 14.1. The molecule has 0 spiro atoms. The van der Waals surface area contributed by atoms with Gasteiger partial charge >= 0.3 is 0 Å². The molecule has 2 amide bonds. The van der Waals surface area contributed by atoms with E-state index in [4.69, 9.17) is 14.2 Å². The Kier molecular flexibility index (Phi) is 4.45. The molecule has 0 aliphatic carbocycles. The number of carbonyl (C=O) groups excluding carboxylic acids is 2. The molecule has 26 heavy (non-hydrogen) atoms. The van der Waals surface area contributed by atoms with Gasteiger partial charge in [0.15, 0.2) is 11.5 Å². The molecule has 7 nitrogen and oxygen atoms in total. The molecule has 0 atom stereocenters. The van der Waals surface area contributed by atoms with E-state index >= 15 is 0 Å². The van der Waals surface area contributed by atoms with Gasteiger partial charge in [0.1, 0.15) is 0 Å². The lowest BCUT2D eigenvalue weighted by Crippen LogP contribution is -2.40. The van der Waals surface area contributed by atoms with Crippen LogP contribution in [0.15, 0.2) is 42.5 Å². The highest BCUT2D eigenvalue weighted by molar-refractivity contribution is 6.05. The van der Waals surface area contributed by atoms with Crippen molar-refractivity contribution in [1.82, 2.24) is 4.90 Å². The highest BCUT2D eigenvalue weighted by atomic mass is 16.7. The average Bonchev–Trinajstić information content (AvgIpc) is 3.16. The van der Waals surface area contributed by atoms with Crippen molar-refractivity contribution < 1.29 is 23.8 Å². The smallest absolute Gasteiger partial charge is 0.255 e. The molecule has 2 heterocycles. The van der Waals surface area contributed by atoms with Crippen LogP contribution in [0, 0.1) is 0 Å². The predicted octanol–water partition coefficient (Wildman–Crippen LogP) is 2.14. The van der Waals surface area contributed by atoms with Crippen LogP contribution >= 0.6 is 0 Å². The number of hydrogen-bond donors (Lipinski definition) is 1. The molecule has 1 fully saturated rings. The van der Waals surface area contributed by atoms with E-state index in [1.807, 2.05) is 0 Å². The van der Waals surface area contributed by atoms with E-state index in [1.54, 1.807) is 47.4 Å². The van der Waals surface area contributed by atoms with Crippen LogP contribution in [0.4, 0.5) is 5.69 Å². The SMILES string of the molecule is O=C(Nc1ccc2c(c1)OCO2)c1ccc(C(=O)N2CCOCC2)cc1. The zero-order chi connectivity index (χ0) is 17.9. The third-order valence-electron chi connectivity index (χ3n) is 4.32. The Morgan fingerprint density at radius 1 is 0.885 bits per heavy atom. The number of benzene rings is 2. The van der Waals surface area contributed by atoms with E-state index in [2.05, 4.69) is 5.32 Å². The quantitative estimate of drug-likeness (QED) is 0.914. The van der Waals surface area contributed by atoms with Gasteiger partial charge in [0.05, 0.1) is 13.2 Å². The molecule has 1 N–H and O–H groups in total. The number of nitrogens with one attached hydrogen (secondary N) is 1. The van der Waals surface area contributed by atoms with Crippen molar-refractivity contribution in [2.24, 2.45) is 0 Å². The first kappa shape index (κ1) is 16.4. The van der Waals surface area contributed by atoms with Gasteiger partial charge in [0.2, 0.25) is 6.79 Å². The summed E-state index contributed by atoms with van der Waals surface area (Å²) in [6.07, 6.45) is 0. The van der Waals surface area contributed by atoms with E-state index in [1.165, 1.54) is 0 Å². The molecule has 0 bridgehead atoms. The number of ether oxygens (including phenoxy) is 3. The molecule has 2 aromatic carbocycles. The van der Waals surface area contributed by atoms with Crippen molar-refractivity contribution >= 4 is 17.5 Å². The average molecular weight is 354 g/mol. The minimum absolute atomic E-state index is 0.0453. The summed E-state index contributed by atoms with van der Waals surface area (Å²) in [6, 6.07) is 11.9. The molecule has 2 aliphatic rings. The summed E-state index contributed by atoms with van der Waals surface area (Å²) < 4.78 is 15.8. The summed E-state index contributed by atoms with van der Waals surface area (Å²) >= 11 is 0. The van der Waals surface area contributed by atoms with Crippen molar-refractivity contribution in [3.8, 4) is 11.5 Å². The molecule has 0 saturated carbocycles. The van der Waals surface area contributed by atoms with Crippen molar-refractivity contribution in [2.75, 3.05) is 38.4 Å². The Morgan fingerprint density at radius 2 is 1.58 bits per heavy atom. The third kappa shape index (κ3) is 3.34. The molecule has 0 radical (unpaired) electrons. The maximum Gasteiger partial charge on any atom is 0.255 e. The van der Waals surface area contributed by atoms with E-state index < -0.39 is 0 Å². The minimum Gasteiger partial charge on any atom is -0.454 e. The Balaban J connectivity index is 1.43. The van der Waals surface area contributed by atoms with Crippen LogP contribution in [0.5, 0.6) is 11.5 Å². The summed E-state index contributed by atoms with van der Waals surface area (Å²) in [5, 5.41) is 2.81. The monoisotopic (exact) mass is 354 g/mol. The Morgan fingerprint density at radius 3 is 2.35 bits per heavy atom. The molecule has 0 unspecified atom stereocenters. The molecule has 2 aliphatic heterocycles. The van der Waals surface area contributed by atoms with Crippen molar-refractivity contribution in [3.63, 3.8) is 0 Å². The molecule has 134 valence electrons. The van der Waals surface area contributed by atoms with Crippen LogP contribution in [-0.4, -0.2) is 49.8 Å². The van der Waals surface area contributed by atoms with Gasteiger partial charge in [-0.3, -0.25) is 9.59 Å². The number of rotatable bonds is 3. The topological polar surface area (TPSA) is 77.1 Å². The summed E-state index contributed by atoms with van der Waals surface area (Å²) in [4.78, 5) is 26.6. The predicted molar refractivity (Wildman–Crippen MR) is 93.7 cm³/mol. The first-order valence-corrected chi connectivity index (χ1v) is 8.39. The van der Waals surface area contributed by atoms with Crippen LogP contribution in [0.1, 0.15) is 20.7 Å². The minimum atomic E-state index is -0.255. The maximum absolute atomic E-state index is 12.4. The fourth-order valence-electron chi connectivity index (χ4n) is 2.89.